The van der Waals surface area contributed by atoms with Gasteiger partial charge in [-0.2, -0.15) is 0 Å². The minimum Gasteiger partial charge on any atom is -0.497 e. The maximum Gasteiger partial charge on any atom is 0.130 e. The Morgan fingerprint density at radius 3 is 1.95 bits per heavy atom. The molecule has 0 atom stereocenters. The third-order valence-electron chi connectivity index (χ3n) is 3.14. The number of methoxy groups -OCH3 is 1. The Bertz CT molecular complexity index is 538. The zero-order valence-electron chi connectivity index (χ0n) is 11.3. The standard InChI is InChI=1S/C17H18O2/c1-13(18)3-4-14-5-7-15(8-6-14)16-9-11-17(19-2)12-10-16/h5-12H,3-4H2,1-2H3. The molecule has 0 aliphatic carbocycles. The van der Waals surface area contributed by atoms with Gasteiger partial charge in [0.05, 0.1) is 7.11 Å². The van der Waals surface area contributed by atoms with Gasteiger partial charge in [-0.1, -0.05) is 36.4 Å². The maximum atomic E-state index is 11.0. The van der Waals surface area contributed by atoms with E-state index in [1.807, 2.05) is 24.3 Å². The number of hydrogen-bond acceptors (Lipinski definition) is 2. The highest BCUT2D eigenvalue weighted by atomic mass is 16.5. The Morgan fingerprint density at radius 2 is 1.47 bits per heavy atom. The van der Waals surface area contributed by atoms with Crippen molar-refractivity contribution in [2.24, 2.45) is 0 Å². The lowest BCUT2D eigenvalue weighted by Gasteiger charge is -2.05. The Labute approximate surface area is 114 Å². The summed E-state index contributed by atoms with van der Waals surface area (Å²) in [6.07, 6.45) is 1.43. The van der Waals surface area contributed by atoms with Gasteiger partial charge in [0, 0.05) is 6.42 Å². The van der Waals surface area contributed by atoms with Crippen LogP contribution < -0.4 is 4.74 Å². The lowest BCUT2D eigenvalue weighted by Crippen LogP contribution is -1.93. The van der Waals surface area contributed by atoms with E-state index >= 15 is 0 Å². The van der Waals surface area contributed by atoms with Gasteiger partial charge in [-0.25, -0.2) is 0 Å². The van der Waals surface area contributed by atoms with E-state index in [4.69, 9.17) is 4.74 Å². The number of ether oxygens (including phenoxy) is 1. The maximum absolute atomic E-state index is 11.0. The molecule has 0 saturated carbocycles. The van der Waals surface area contributed by atoms with E-state index in [1.165, 1.54) is 16.7 Å². The monoisotopic (exact) mass is 254 g/mol. The van der Waals surface area contributed by atoms with E-state index in [9.17, 15) is 4.79 Å². The van der Waals surface area contributed by atoms with Crippen molar-refractivity contribution in [2.45, 2.75) is 19.8 Å². The molecule has 0 radical (unpaired) electrons. The van der Waals surface area contributed by atoms with Crippen LogP contribution in [0.1, 0.15) is 18.9 Å². The van der Waals surface area contributed by atoms with Gasteiger partial charge in [-0.15, -0.1) is 0 Å². The number of carbonyl (C=O) groups excluding carboxylic acids is 1. The number of Topliss-reactive ketones (excluding diaryl/α,β-unsaturated/α-hetero) is 1. The second-order valence-corrected chi connectivity index (χ2v) is 4.63. The molecule has 0 aromatic heterocycles. The number of rotatable bonds is 5. The van der Waals surface area contributed by atoms with Gasteiger partial charge in [0.15, 0.2) is 0 Å². The first-order chi connectivity index (χ1) is 9.19. The van der Waals surface area contributed by atoms with Gasteiger partial charge in [0.2, 0.25) is 0 Å². The highest BCUT2D eigenvalue weighted by Gasteiger charge is 2.00. The van der Waals surface area contributed by atoms with Crippen LogP contribution in [0.2, 0.25) is 0 Å². The molecule has 0 N–H and O–H groups in total. The third-order valence-corrected chi connectivity index (χ3v) is 3.14. The average Bonchev–Trinajstić information content (AvgIpc) is 2.46. The number of hydrogen-bond donors (Lipinski definition) is 0. The summed E-state index contributed by atoms with van der Waals surface area (Å²) >= 11 is 0. The van der Waals surface area contributed by atoms with Crippen LogP contribution in [0.4, 0.5) is 0 Å². The first-order valence-corrected chi connectivity index (χ1v) is 6.42. The summed E-state index contributed by atoms with van der Waals surface area (Å²) in [5.74, 6) is 1.10. The molecule has 2 aromatic carbocycles. The summed E-state index contributed by atoms with van der Waals surface area (Å²) in [7, 11) is 1.67. The van der Waals surface area contributed by atoms with Crippen molar-refractivity contribution >= 4 is 5.78 Å². The Morgan fingerprint density at radius 1 is 0.947 bits per heavy atom. The summed E-state index contributed by atoms with van der Waals surface area (Å²) in [6.45, 7) is 1.63. The first-order valence-electron chi connectivity index (χ1n) is 6.42. The lowest BCUT2D eigenvalue weighted by atomic mass is 10.0. The van der Waals surface area contributed by atoms with Gasteiger partial charge in [0.1, 0.15) is 11.5 Å². The average molecular weight is 254 g/mol. The minimum absolute atomic E-state index is 0.235. The highest BCUT2D eigenvalue weighted by molar-refractivity contribution is 5.75. The van der Waals surface area contributed by atoms with Gasteiger partial charge in [-0.3, -0.25) is 0 Å². The van der Waals surface area contributed by atoms with Crippen molar-refractivity contribution in [1.82, 2.24) is 0 Å². The number of aryl methyl sites for hydroxylation is 1. The van der Waals surface area contributed by atoms with Gasteiger partial charge < -0.3 is 9.53 Å². The van der Waals surface area contributed by atoms with E-state index in [0.29, 0.717) is 6.42 Å². The van der Waals surface area contributed by atoms with Crippen LogP contribution in [0.15, 0.2) is 48.5 Å². The molecule has 2 rings (SSSR count). The van der Waals surface area contributed by atoms with Crippen LogP contribution in [-0.4, -0.2) is 12.9 Å². The van der Waals surface area contributed by atoms with E-state index in [0.717, 1.165) is 12.2 Å². The number of benzene rings is 2. The summed E-state index contributed by atoms with van der Waals surface area (Å²) in [5, 5.41) is 0. The molecular formula is C17H18O2. The van der Waals surface area contributed by atoms with Crippen molar-refractivity contribution in [3.05, 3.63) is 54.1 Å². The number of carbonyl (C=O) groups is 1. The second-order valence-electron chi connectivity index (χ2n) is 4.63. The molecule has 0 fully saturated rings. The Kier molecular flexibility index (Phi) is 4.35. The number of ketones is 1. The second kappa shape index (κ2) is 6.19. The van der Waals surface area contributed by atoms with Crippen molar-refractivity contribution < 1.29 is 9.53 Å². The third kappa shape index (κ3) is 3.68. The van der Waals surface area contributed by atoms with Gasteiger partial charge in [-0.05, 0) is 42.2 Å². The first kappa shape index (κ1) is 13.3. The quantitative estimate of drug-likeness (QED) is 0.809. The fraction of sp³-hybridized carbons (Fsp3) is 0.235. The fourth-order valence-electron chi connectivity index (χ4n) is 1.97. The molecule has 0 heterocycles. The summed E-state index contributed by atoms with van der Waals surface area (Å²) in [4.78, 5) is 11.0. The van der Waals surface area contributed by atoms with E-state index in [1.54, 1.807) is 14.0 Å². The predicted octanol–water partition coefficient (Wildman–Crippen LogP) is 3.88. The van der Waals surface area contributed by atoms with Crippen LogP contribution in [-0.2, 0) is 11.2 Å². The normalized spacial score (nSPS) is 10.2. The molecule has 0 spiro atoms. The van der Waals surface area contributed by atoms with E-state index in [-0.39, 0.29) is 5.78 Å². The molecule has 0 bridgehead atoms. The van der Waals surface area contributed by atoms with Crippen molar-refractivity contribution in [2.75, 3.05) is 7.11 Å². The zero-order chi connectivity index (χ0) is 13.7. The minimum atomic E-state index is 0.235. The largest absolute Gasteiger partial charge is 0.497 e. The van der Waals surface area contributed by atoms with Gasteiger partial charge in [0.25, 0.3) is 0 Å². The van der Waals surface area contributed by atoms with Crippen LogP contribution in [0.3, 0.4) is 0 Å². The summed E-state index contributed by atoms with van der Waals surface area (Å²) < 4.78 is 5.15. The topological polar surface area (TPSA) is 26.3 Å². The highest BCUT2D eigenvalue weighted by Crippen LogP contribution is 2.22. The smallest absolute Gasteiger partial charge is 0.130 e. The SMILES string of the molecule is COc1ccc(-c2ccc(CCC(C)=O)cc2)cc1. The fourth-order valence-corrected chi connectivity index (χ4v) is 1.97. The van der Waals surface area contributed by atoms with Crippen LogP contribution in [0, 0.1) is 0 Å². The van der Waals surface area contributed by atoms with Gasteiger partial charge >= 0.3 is 0 Å². The van der Waals surface area contributed by atoms with Crippen molar-refractivity contribution in [1.29, 1.82) is 0 Å². The molecule has 2 heteroatoms. The Hall–Kier alpha value is -2.09. The molecule has 19 heavy (non-hydrogen) atoms. The molecule has 2 aromatic rings. The lowest BCUT2D eigenvalue weighted by molar-refractivity contribution is -0.116. The molecule has 0 aliphatic rings. The van der Waals surface area contributed by atoms with Crippen LogP contribution >= 0.6 is 0 Å². The van der Waals surface area contributed by atoms with E-state index < -0.39 is 0 Å². The zero-order valence-corrected chi connectivity index (χ0v) is 11.3. The molecule has 0 unspecified atom stereocenters. The molecule has 0 amide bonds. The molecular weight excluding hydrogens is 236 g/mol. The molecule has 0 saturated heterocycles. The Balaban J connectivity index is 2.10. The van der Waals surface area contributed by atoms with Crippen molar-refractivity contribution in [3.8, 4) is 16.9 Å². The van der Waals surface area contributed by atoms with Crippen molar-refractivity contribution in [3.63, 3.8) is 0 Å². The predicted molar refractivity (Wildman–Crippen MR) is 77.4 cm³/mol. The van der Waals surface area contributed by atoms with Crippen LogP contribution in [0.25, 0.3) is 11.1 Å². The van der Waals surface area contributed by atoms with Crippen LogP contribution in [0.5, 0.6) is 5.75 Å². The molecule has 0 aliphatic heterocycles. The molecule has 98 valence electrons. The summed E-state index contributed by atoms with van der Waals surface area (Å²) in [6, 6.07) is 16.4. The summed E-state index contributed by atoms with van der Waals surface area (Å²) in [5.41, 5.74) is 3.54. The van der Waals surface area contributed by atoms with E-state index in [2.05, 4.69) is 24.3 Å². The molecule has 2 nitrogen and oxygen atoms in total.